The fourth-order valence-electron chi connectivity index (χ4n) is 3.58. The molecule has 2 aromatic heterocycles. The molecular formula is C23H22FN5O2. The van der Waals surface area contributed by atoms with Crippen LogP contribution in [0.25, 0.3) is 16.6 Å². The van der Waals surface area contributed by atoms with Gasteiger partial charge in [0.1, 0.15) is 11.9 Å². The summed E-state index contributed by atoms with van der Waals surface area (Å²) in [6, 6.07) is 14.6. The second kappa shape index (κ2) is 8.14. The molecule has 0 aliphatic rings. The first-order valence-electron chi connectivity index (χ1n) is 9.93. The van der Waals surface area contributed by atoms with Gasteiger partial charge in [-0.25, -0.2) is 13.8 Å². The van der Waals surface area contributed by atoms with Crippen LogP contribution in [-0.2, 0) is 11.3 Å². The number of carbonyl (C=O) groups is 1. The Labute approximate surface area is 178 Å². The normalized spacial score (nSPS) is 12.1. The summed E-state index contributed by atoms with van der Waals surface area (Å²) in [4.78, 5) is 25.8. The molecule has 7 nitrogen and oxygen atoms in total. The minimum absolute atomic E-state index is 0.223. The van der Waals surface area contributed by atoms with E-state index in [0.717, 1.165) is 16.9 Å². The third-order valence-electron chi connectivity index (χ3n) is 5.27. The van der Waals surface area contributed by atoms with Gasteiger partial charge in [0.15, 0.2) is 5.52 Å². The molecule has 1 N–H and O–H groups in total. The number of nitrogens with zero attached hydrogens (tertiary/aromatic N) is 4. The van der Waals surface area contributed by atoms with Crippen molar-refractivity contribution >= 4 is 16.8 Å². The Morgan fingerprint density at radius 1 is 1.06 bits per heavy atom. The number of para-hydroxylation sites is 1. The van der Waals surface area contributed by atoms with Gasteiger partial charge in [-0.15, -0.1) is 0 Å². The molecule has 0 aliphatic heterocycles. The zero-order valence-electron chi connectivity index (χ0n) is 17.5. The predicted octanol–water partition coefficient (Wildman–Crippen LogP) is 3.22. The smallest absolute Gasteiger partial charge is 0.295 e. The number of hydrogen-bond acceptors (Lipinski definition) is 4. The number of benzene rings is 2. The van der Waals surface area contributed by atoms with Gasteiger partial charge in [0.2, 0.25) is 5.91 Å². The van der Waals surface area contributed by atoms with E-state index in [4.69, 9.17) is 0 Å². The molecule has 2 heterocycles. The van der Waals surface area contributed by atoms with Crippen LogP contribution in [0.1, 0.15) is 29.9 Å². The van der Waals surface area contributed by atoms with Crippen molar-refractivity contribution in [1.82, 2.24) is 24.9 Å². The highest BCUT2D eigenvalue weighted by Crippen LogP contribution is 2.21. The van der Waals surface area contributed by atoms with Crippen LogP contribution in [0.15, 0.2) is 59.4 Å². The maximum atomic E-state index is 13.1. The second-order valence-corrected chi connectivity index (χ2v) is 7.41. The van der Waals surface area contributed by atoms with E-state index in [1.165, 1.54) is 16.8 Å². The molecule has 0 radical (unpaired) electrons. The van der Waals surface area contributed by atoms with Gasteiger partial charge in [-0.3, -0.25) is 9.59 Å². The quantitative estimate of drug-likeness (QED) is 0.539. The molecule has 2 aromatic carbocycles. The van der Waals surface area contributed by atoms with E-state index in [-0.39, 0.29) is 23.8 Å². The molecule has 31 heavy (non-hydrogen) atoms. The van der Waals surface area contributed by atoms with Crippen LogP contribution in [0.2, 0.25) is 0 Å². The zero-order valence-corrected chi connectivity index (χ0v) is 17.5. The van der Waals surface area contributed by atoms with Gasteiger partial charge in [-0.05, 0) is 50.6 Å². The van der Waals surface area contributed by atoms with Crippen molar-refractivity contribution in [3.05, 3.63) is 87.7 Å². The lowest BCUT2D eigenvalue weighted by atomic mass is 10.2. The van der Waals surface area contributed by atoms with E-state index in [1.807, 2.05) is 37.3 Å². The summed E-state index contributed by atoms with van der Waals surface area (Å²) in [6.07, 6.45) is 0. The van der Waals surface area contributed by atoms with Gasteiger partial charge in [0.05, 0.1) is 22.5 Å². The van der Waals surface area contributed by atoms with Crippen molar-refractivity contribution in [3.63, 3.8) is 0 Å². The third kappa shape index (κ3) is 3.84. The summed E-state index contributed by atoms with van der Waals surface area (Å²) >= 11 is 0. The third-order valence-corrected chi connectivity index (χ3v) is 5.27. The number of aryl methyl sites for hydroxylation is 2. The van der Waals surface area contributed by atoms with Crippen LogP contribution in [0.5, 0.6) is 0 Å². The van der Waals surface area contributed by atoms with E-state index >= 15 is 0 Å². The highest BCUT2D eigenvalue weighted by atomic mass is 19.1. The maximum absolute atomic E-state index is 13.1. The van der Waals surface area contributed by atoms with Crippen LogP contribution >= 0.6 is 0 Å². The van der Waals surface area contributed by atoms with Crippen molar-refractivity contribution < 1.29 is 9.18 Å². The van der Waals surface area contributed by atoms with Crippen molar-refractivity contribution in [2.75, 3.05) is 0 Å². The minimum Gasteiger partial charge on any atom is -0.350 e. The van der Waals surface area contributed by atoms with Crippen LogP contribution in [0, 0.1) is 19.7 Å². The fraction of sp³-hybridized carbons (Fsp3) is 0.217. The van der Waals surface area contributed by atoms with Gasteiger partial charge in [-0.2, -0.15) is 10.2 Å². The fourth-order valence-corrected chi connectivity index (χ4v) is 3.58. The highest BCUT2D eigenvalue weighted by Gasteiger charge is 2.23. The molecule has 1 atom stereocenters. The SMILES string of the molecule is Cc1nn([C@H](C)C(=O)NCc2ccc(F)cc2)c(=O)c2nn(-c3ccccc3)c(C)c12. The average molecular weight is 419 g/mol. The summed E-state index contributed by atoms with van der Waals surface area (Å²) in [5.41, 5.74) is 2.86. The molecular weight excluding hydrogens is 397 g/mol. The number of carbonyl (C=O) groups excluding carboxylic acids is 1. The summed E-state index contributed by atoms with van der Waals surface area (Å²) < 4.78 is 15.9. The van der Waals surface area contributed by atoms with Gasteiger partial charge >= 0.3 is 0 Å². The minimum atomic E-state index is -0.835. The number of nitrogens with one attached hydrogen (secondary N) is 1. The first-order chi connectivity index (χ1) is 14.9. The van der Waals surface area contributed by atoms with Gasteiger partial charge in [0, 0.05) is 6.54 Å². The van der Waals surface area contributed by atoms with Gasteiger partial charge in [-0.1, -0.05) is 30.3 Å². The molecule has 4 rings (SSSR count). The largest absolute Gasteiger partial charge is 0.350 e. The molecule has 158 valence electrons. The lowest BCUT2D eigenvalue weighted by Gasteiger charge is -2.15. The Bertz CT molecular complexity index is 1310. The van der Waals surface area contributed by atoms with Gasteiger partial charge < -0.3 is 5.32 Å². The van der Waals surface area contributed by atoms with Gasteiger partial charge in [0.25, 0.3) is 5.56 Å². The van der Waals surface area contributed by atoms with E-state index < -0.39 is 11.6 Å². The van der Waals surface area contributed by atoms with Crippen molar-refractivity contribution in [2.24, 2.45) is 0 Å². The van der Waals surface area contributed by atoms with Crippen molar-refractivity contribution in [1.29, 1.82) is 0 Å². The van der Waals surface area contributed by atoms with Crippen molar-refractivity contribution in [3.8, 4) is 5.69 Å². The molecule has 8 heteroatoms. The topological polar surface area (TPSA) is 81.8 Å². The Morgan fingerprint density at radius 3 is 2.42 bits per heavy atom. The first-order valence-corrected chi connectivity index (χ1v) is 9.93. The Kier molecular flexibility index (Phi) is 5.37. The Morgan fingerprint density at radius 2 is 1.74 bits per heavy atom. The molecule has 0 fully saturated rings. The molecule has 0 unspecified atom stereocenters. The average Bonchev–Trinajstić information content (AvgIpc) is 3.14. The standard InChI is InChI=1S/C23H22FN5O2/c1-14-20-15(2)28(19-7-5-4-6-8-19)27-21(20)23(31)29(26-14)16(3)22(30)25-13-17-9-11-18(24)12-10-17/h4-12,16H,13H2,1-3H3,(H,25,30)/t16-/m1/s1. The molecule has 1 amide bonds. The van der Waals surface area contributed by atoms with Crippen LogP contribution in [-0.4, -0.2) is 25.5 Å². The van der Waals surface area contributed by atoms with Crippen LogP contribution < -0.4 is 10.9 Å². The molecule has 0 spiro atoms. The molecule has 0 saturated heterocycles. The maximum Gasteiger partial charge on any atom is 0.295 e. The monoisotopic (exact) mass is 419 g/mol. The molecule has 0 saturated carbocycles. The molecule has 4 aromatic rings. The van der Waals surface area contributed by atoms with Crippen LogP contribution in [0.3, 0.4) is 0 Å². The number of fused-ring (bicyclic) bond motifs is 1. The van der Waals surface area contributed by atoms with E-state index in [1.54, 1.807) is 30.7 Å². The lowest BCUT2D eigenvalue weighted by Crippen LogP contribution is -2.37. The summed E-state index contributed by atoms with van der Waals surface area (Å²) in [5.74, 6) is -0.704. The Balaban J connectivity index is 1.66. The molecule has 0 bridgehead atoms. The number of rotatable bonds is 5. The number of halogens is 1. The predicted molar refractivity (Wildman–Crippen MR) is 116 cm³/mol. The zero-order chi connectivity index (χ0) is 22.1. The summed E-state index contributed by atoms with van der Waals surface area (Å²) in [5, 5.41) is 12.4. The second-order valence-electron chi connectivity index (χ2n) is 7.41. The number of amides is 1. The summed E-state index contributed by atoms with van der Waals surface area (Å²) in [7, 11) is 0. The Hall–Kier alpha value is -3.81. The number of hydrogen-bond donors (Lipinski definition) is 1. The first kappa shape index (κ1) is 20.5. The van der Waals surface area contributed by atoms with E-state index in [9.17, 15) is 14.0 Å². The lowest BCUT2D eigenvalue weighted by molar-refractivity contribution is -0.124. The van der Waals surface area contributed by atoms with E-state index in [0.29, 0.717) is 11.1 Å². The highest BCUT2D eigenvalue weighted by molar-refractivity contribution is 5.84. The van der Waals surface area contributed by atoms with Crippen molar-refractivity contribution in [2.45, 2.75) is 33.4 Å². The molecule has 0 aliphatic carbocycles. The number of aromatic nitrogens is 4. The van der Waals surface area contributed by atoms with E-state index in [2.05, 4.69) is 15.5 Å². The summed E-state index contributed by atoms with van der Waals surface area (Å²) in [6.45, 7) is 5.52. The van der Waals surface area contributed by atoms with Crippen LogP contribution in [0.4, 0.5) is 4.39 Å².